The minimum atomic E-state index is -5.79. The molecule has 54 heavy (non-hydrogen) atoms. The Morgan fingerprint density at radius 1 is 0.519 bits per heavy atom. The molecule has 3 aromatic carbocycles. The van der Waals surface area contributed by atoms with Crippen LogP contribution in [-0.2, 0) is 12.4 Å². The fraction of sp³-hybridized carbons (Fsp3) is 0.0526. The van der Waals surface area contributed by atoms with E-state index in [1.54, 1.807) is 18.2 Å². The number of rotatable bonds is 2. The third kappa shape index (κ3) is 5.39. The zero-order valence-electron chi connectivity index (χ0n) is 26.2. The molecule has 10 nitrogen and oxygen atoms in total. The van der Waals surface area contributed by atoms with Gasteiger partial charge in [0.1, 0.15) is 18.2 Å². The van der Waals surface area contributed by atoms with E-state index in [1.165, 1.54) is 12.1 Å². The molecule has 16 heteroatoms. The van der Waals surface area contributed by atoms with Gasteiger partial charge in [-0.3, -0.25) is 4.85 Å². The van der Waals surface area contributed by atoms with Crippen molar-refractivity contribution in [2.45, 2.75) is 12.4 Å². The summed E-state index contributed by atoms with van der Waals surface area (Å²) in [6.45, 7) is 38.3. The van der Waals surface area contributed by atoms with E-state index < -0.39 is 102 Å². The van der Waals surface area contributed by atoms with Crippen molar-refractivity contribution in [3.63, 3.8) is 0 Å². The van der Waals surface area contributed by atoms with E-state index in [2.05, 4.69) is 24.2 Å². The summed E-state index contributed by atoms with van der Waals surface area (Å²) < 4.78 is 93.8. The maximum Gasteiger partial charge on any atom is 0.417 e. The predicted octanol–water partition coefficient (Wildman–Crippen LogP) is 10.1. The fourth-order valence-corrected chi connectivity index (χ4v) is 6.25. The summed E-state index contributed by atoms with van der Waals surface area (Å²) in [5, 5.41) is 49.9. The summed E-state index contributed by atoms with van der Waals surface area (Å²) in [6, 6.07) is 13.5. The van der Waals surface area contributed by atoms with Crippen LogP contribution < -0.4 is 0 Å². The lowest BCUT2D eigenvalue weighted by Gasteiger charge is -2.26. The third-order valence-electron chi connectivity index (χ3n) is 8.09. The van der Waals surface area contributed by atoms with Crippen LogP contribution in [0.15, 0.2) is 47.7 Å². The van der Waals surface area contributed by atoms with Crippen molar-refractivity contribution >= 4 is 45.1 Å². The third-order valence-corrected chi connectivity index (χ3v) is 8.09. The number of halogens is 6. The van der Waals surface area contributed by atoms with Gasteiger partial charge in [0.05, 0.1) is 72.8 Å². The van der Waals surface area contributed by atoms with E-state index in [1.807, 2.05) is 0 Å². The van der Waals surface area contributed by atoms with E-state index >= 15 is 26.3 Å². The van der Waals surface area contributed by atoms with Crippen LogP contribution in [0, 0.1) is 89.5 Å². The van der Waals surface area contributed by atoms with E-state index in [0.29, 0.717) is 0 Å². The van der Waals surface area contributed by atoms with Gasteiger partial charge in [0.2, 0.25) is 5.70 Å². The van der Waals surface area contributed by atoms with Gasteiger partial charge < -0.3 is 0 Å². The first-order chi connectivity index (χ1) is 25.6. The van der Waals surface area contributed by atoms with Gasteiger partial charge >= 0.3 is 12.4 Å². The lowest BCUT2D eigenvalue weighted by atomic mass is 9.81. The molecule has 0 fully saturated rings. The topological polar surface area (TPSA) is 141 Å². The van der Waals surface area contributed by atoms with Crippen LogP contribution in [-0.4, -0.2) is 0 Å². The SMILES string of the molecule is [C-]#[N+]C1=C([N+]#[C-])c2c(c(C(F)(F)F)c3c(c2C(F)(F)F)C(C#N)=C(C#N)/C3=C(\C#N)c2cc(C#N)cc([N+]#[C-])c2)/C1=C(/[N+]#[C-])c1cc(C#N)cc([N+]#[C-])c1. The highest BCUT2D eigenvalue weighted by Crippen LogP contribution is 2.61. The van der Waals surface area contributed by atoms with Crippen LogP contribution in [0.25, 0.3) is 57.9 Å². The number of alkyl halides is 6. The molecule has 2 aliphatic rings. The van der Waals surface area contributed by atoms with Gasteiger partial charge in [-0.2, -0.15) is 52.7 Å². The summed E-state index contributed by atoms with van der Waals surface area (Å²) in [6.07, 6.45) is -11.5. The van der Waals surface area contributed by atoms with Crippen LogP contribution in [0.4, 0.5) is 37.7 Å². The highest BCUT2D eigenvalue weighted by Gasteiger charge is 2.53. The van der Waals surface area contributed by atoms with Crippen molar-refractivity contribution < 1.29 is 26.3 Å². The van der Waals surface area contributed by atoms with Gasteiger partial charge in [0.15, 0.2) is 22.8 Å². The summed E-state index contributed by atoms with van der Waals surface area (Å²) in [5.41, 5.74) is -21.3. The number of fused-ring (bicyclic) bond motifs is 2. The maximum absolute atomic E-state index is 15.8. The molecule has 5 rings (SSSR count). The van der Waals surface area contributed by atoms with Crippen molar-refractivity contribution in [3.05, 3.63) is 160 Å². The normalized spacial score (nSPS) is 14.6. The quantitative estimate of drug-likeness (QED) is 0.147. The van der Waals surface area contributed by atoms with Gasteiger partial charge in [0, 0.05) is 27.8 Å². The van der Waals surface area contributed by atoms with Crippen molar-refractivity contribution in [3.8, 4) is 30.3 Å². The monoisotopic (exact) mass is 716 g/mol. The Kier molecular flexibility index (Phi) is 8.82. The van der Waals surface area contributed by atoms with Crippen LogP contribution in [0.5, 0.6) is 0 Å². The molecule has 0 heterocycles. The Bertz CT molecular complexity index is 2650. The molecule has 0 bridgehead atoms. The smallest absolute Gasteiger partial charge is 0.251 e. The molecule has 0 saturated heterocycles. The number of nitrogens with zero attached hydrogens (tertiary/aromatic N) is 10. The van der Waals surface area contributed by atoms with Gasteiger partial charge in [-0.05, 0) is 52.1 Å². The fourth-order valence-electron chi connectivity index (χ4n) is 6.25. The molecule has 0 unspecified atom stereocenters. The number of hydrogen-bond acceptors (Lipinski definition) is 5. The van der Waals surface area contributed by atoms with E-state index in [9.17, 15) is 26.3 Å². The molecule has 3 aromatic rings. The minimum absolute atomic E-state index is 0.290. The Labute approximate surface area is 300 Å². The lowest BCUT2D eigenvalue weighted by molar-refractivity contribution is -0.141. The molecule has 0 radical (unpaired) electrons. The first kappa shape index (κ1) is 36.4. The van der Waals surface area contributed by atoms with Crippen molar-refractivity contribution in [1.82, 2.24) is 0 Å². The maximum atomic E-state index is 15.8. The van der Waals surface area contributed by atoms with Crippen molar-refractivity contribution in [2.24, 2.45) is 0 Å². The molecular weight excluding hydrogens is 710 g/mol. The van der Waals surface area contributed by atoms with Crippen LogP contribution in [0.3, 0.4) is 0 Å². The summed E-state index contributed by atoms with van der Waals surface area (Å²) >= 11 is 0. The van der Waals surface area contributed by atoms with Gasteiger partial charge in [-0.25, -0.2) is 19.4 Å². The zero-order valence-corrected chi connectivity index (χ0v) is 26.2. The standard InChI is InChI=1S/C38H6F6N10/c1-50-21-8-17(12-45)6-19(10-21)23(14-47)26-24(15-48)25(16-49)27-28(26)33(38(42,43)44)29-30(32(27)37(39,40)41)35(53-4)36(54-5)31(29)34(52-3)20-7-18(13-46)9-22(11-20)51-2/h6-11H/b26-23-,34-31-. The molecule has 0 N–H and O–H groups in total. The first-order valence-corrected chi connectivity index (χ1v) is 14.2. The molecule has 0 saturated carbocycles. The highest BCUT2D eigenvalue weighted by atomic mass is 19.4. The minimum Gasteiger partial charge on any atom is -0.251 e. The Morgan fingerprint density at radius 2 is 1.00 bits per heavy atom. The Morgan fingerprint density at radius 3 is 1.43 bits per heavy atom. The predicted molar refractivity (Wildman–Crippen MR) is 175 cm³/mol. The van der Waals surface area contributed by atoms with Gasteiger partial charge in [-0.1, -0.05) is 12.1 Å². The molecule has 0 aromatic heterocycles. The van der Waals surface area contributed by atoms with Gasteiger partial charge in [0.25, 0.3) is 0 Å². The second-order valence-corrected chi connectivity index (χ2v) is 10.8. The average molecular weight is 717 g/mol. The number of allylic oxidation sites excluding steroid dienone is 5. The highest BCUT2D eigenvalue weighted by molar-refractivity contribution is 6.21. The molecular formula is C38H6F6N10. The van der Waals surface area contributed by atoms with Gasteiger partial charge in [-0.15, -0.1) is 0 Å². The number of nitriles is 5. The number of hydrogen-bond donors (Lipinski definition) is 0. The first-order valence-electron chi connectivity index (χ1n) is 14.2. The summed E-state index contributed by atoms with van der Waals surface area (Å²) in [7, 11) is 0. The zero-order chi connectivity index (χ0) is 39.9. The Balaban J connectivity index is 2.24. The summed E-state index contributed by atoms with van der Waals surface area (Å²) in [4.78, 5) is 15.6. The average Bonchev–Trinajstić information content (AvgIpc) is 3.64. The molecule has 250 valence electrons. The number of benzene rings is 3. The molecule has 2 aliphatic carbocycles. The van der Waals surface area contributed by atoms with E-state index in [-0.39, 0.29) is 22.5 Å². The largest absolute Gasteiger partial charge is 0.417 e. The molecule has 0 spiro atoms. The summed E-state index contributed by atoms with van der Waals surface area (Å²) in [5.74, 6) is 0. The molecule has 0 amide bonds. The van der Waals surface area contributed by atoms with E-state index in [0.717, 1.165) is 36.4 Å². The van der Waals surface area contributed by atoms with Crippen LogP contribution in [0.1, 0.15) is 55.6 Å². The molecule has 0 atom stereocenters. The Hall–Kier alpha value is -8.90. The van der Waals surface area contributed by atoms with E-state index in [4.69, 9.17) is 32.9 Å². The van der Waals surface area contributed by atoms with Crippen LogP contribution >= 0.6 is 0 Å². The molecule has 0 aliphatic heterocycles. The van der Waals surface area contributed by atoms with Crippen molar-refractivity contribution in [1.29, 1.82) is 26.3 Å². The lowest BCUT2D eigenvalue weighted by Crippen LogP contribution is -2.20. The second kappa shape index (κ2) is 13.1. The van der Waals surface area contributed by atoms with Crippen LogP contribution in [0.2, 0.25) is 0 Å². The second-order valence-electron chi connectivity index (χ2n) is 10.8. The van der Waals surface area contributed by atoms with Crippen molar-refractivity contribution in [2.75, 3.05) is 0 Å².